The minimum Gasteiger partial charge on any atom is -0.505 e. The SMILES string of the molecule is CSCC[C@H](NC(=O)c1cc(Cl)c(O)c(Cl)c1)C(=O)N1CCC[C@H]1C(=O)NC(C)CC(=O)O. The van der Waals surface area contributed by atoms with Crippen molar-refractivity contribution in [1.29, 1.82) is 0 Å². The number of phenolic OH excluding ortho intramolecular Hbond substituents is 1. The van der Waals surface area contributed by atoms with E-state index in [1.807, 2.05) is 6.26 Å². The number of thioether (sulfide) groups is 1. The molecular formula is C21H27Cl2N3O6S. The summed E-state index contributed by atoms with van der Waals surface area (Å²) >= 11 is 13.3. The highest BCUT2D eigenvalue weighted by Crippen LogP contribution is 2.32. The second-order valence-electron chi connectivity index (χ2n) is 7.79. The summed E-state index contributed by atoms with van der Waals surface area (Å²) in [5, 5.41) is 23.8. The number of carboxylic acid groups (broad SMARTS) is 1. The molecule has 1 aliphatic rings. The van der Waals surface area contributed by atoms with Crippen molar-refractivity contribution in [3.8, 4) is 5.75 Å². The molecule has 0 radical (unpaired) electrons. The quantitative estimate of drug-likeness (QED) is 0.372. The molecule has 1 unspecified atom stereocenters. The number of hydrogen-bond acceptors (Lipinski definition) is 6. The van der Waals surface area contributed by atoms with Gasteiger partial charge >= 0.3 is 5.97 Å². The standard InChI is InChI=1S/C21H27Cl2N3O6S/c1-11(8-17(27)28)24-20(31)16-4-3-6-26(16)21(32)15(5-7-33-2)25-19(30)12-9-13(22)18(29)14(23)10-12/h9-11,15-16,29H,3-8H2,1-2H3,(H,24,31)(H,25,30)(H,27,28)/t11?,15-,16-/m0/s1. The maximum absolute atomic E-state index is 13.3. The number of amides is 3. The van der Waals surface area contributed by atoms with E-state index in [1.165, 1.54) is 28.8 Å². The van der Waals surface area contributed by atoms with E-state index in [-0.39, 0.29) is 27.8 Å². The van der Waals surface area contributed by atoms with Crippen LogP contribution in [-0.2, 0) is 14.4 Å². The van der Waals surface area contributed by atoms with E-state index < -0.39 is 41.8 Å². The van der Waals surface area contributed by atoms with E-state index in [4.69, 9.17) is 28.3 Å². The highest BCUT2D eigenvalue weighted by atomic mass is 35.5. The lowest BCUT2D eigenvalue weighted by Gasteiger charge is -2.29. The van der Waals surface area contributed by atoms with E-state index in [1.54, 1.807) is 6.92 Å². The Morgan fingerprint density at radius 3 is 2.42 bits per heavy atom. The van der Waals surface area contributed by atoms with Crippen LogP contribution in [0.4, 0.5) is 0 Å². The lowest BCUT2D eigenvalue weighted by molar-refractivity contribution is -0.141. The lowest BCUT2D eigenvalue weighted by atomic mass is 10.1. The molecule has 0 aliphatic carbocycles. The third-order valence-corrected chi connectivity index (χ3v) is 6.42. The van der Waals surface area contributed by atoms with Gasteiger partial charge in [-0.1, -0.05) is 23.2 Å². The van der Waals surface area contributed by atoms with Gasteiger partial charge in [0.05, 0.1) is 16.5 Å². The number of rotatable bonds is 10. The number of phenols is 1. The molecular weight excluding hydrogens is 493 g/mol. The number of carbonyl (C=O) groups excluding carboxylic acids is 3. The molecule has 0 spiro atoms. The van der Waals surface area contributed by atoms with Crippen LogP contribution in [0, 0.1) is 0 Å². The van der Waals surface area contributed by atoms with Crippen LogP contribution in [0.5, 0.6) is 5.75 Å². The largest absolute Gasteiger partial charge is 0.505 e. The molecule has 182 valence electrons. The Balaban J connectivity index is 2.15. The number of aliphatic carboxylic acids is 1. The van der Waals surface area contributed by atoms with Crippen LogP contribution in [0.3, 0.4) is 0 Å². The van der Waals surface area contributed by atoms with Crippen LogP contribution < -0.4 is 10.6 Å². The molecule has 0 aromatic heterocycles. The molecule has 9 nitrogen and oxygen atoms in total. The third kappa shape index (κ3) is 7.41. The Bertz CT molecular complexity index is 893. The van der Waals surface area contributed by atoms with Crippen LogP contribution >= 0.6 is 35.0 Å². The molecule has 12 heteroatoms. The highest BCUT2D eigenvalue weighted by molar-refractivity contribution is 7.98. The molecule has 1 saturated heterocycles. The fourth-order valence-electron chi connectivity index (χ4n) is 3.59. The van der Waals surface area contributed by atoms with E-state index in [9.17, 15) is 24.3 Å². The summed E-state index contributed by atoms with van der Waals surface area (Å²) in [6, 6.07) is 0.304. The average Bonchev–Trinajstić information content (AvgIpc) is 3.23. The zero-order chi connectivity index (χ0) is 24.7. The minimum absolute atomic E-state index is 0.0861. The normalized spacial score (nSPS) is 17.3. The number of likely N-dealkylation sites (tertiary alicyclic amines) is 1. The van der Waals surface area contributed by atoms with Gasteiger partial charge in [0.2, 0.25) is 11.8 Å². The summed E-state index contributed by atoms with van der Waals surface area (Å²) in [5.41, 5.74) is 0.0861. The molecule has 1 aliphatic heterocycles. The zero-order valence-electron chi connectivity index (χ0n) is 18.3. The maximum Gasteiger partial charge on any atom is 0.305 e. The molecule has 1 aromatic rings. The van der Waals surface area contributed by atoms with Gasteiger partial charge < -0.3 is 25.7 Å². The van der Waals surface area contributed by atoms with E-state index in [2.05, 4.69) is 10.6 Å². The fraction of sp³-hybridized carbons (Fsp3) is 0.524. The van der Waals surface area contributed by atoms with Crippen LogP contribution in [0.25, 0.3) is 0 Å². The topological polar surface area (TPSA) is 136 Å². The van der Waals surface area contributed by atoms with Crippen molar-refractivity contribution >= 4 is 58.7 Å². The summed E-state index contributed by atoms with van der Waals surface area (Å²) in [6.07, 6.45) is 3.05. The molecule has 1 fully saturated rings. The second kappa shape index (κ2) is 12.3. The molecule has 3 amide bonds. The van der Waals surface area contributed by atoms with E-state index >= 15 is 0 Å². The molecule has 2 rings (SSSR count). The number of hydrogen-bond donors (Lipinski definition) is 4. The van der Waals surface area contributed by atoms with Crippen molar-refractivity contribution < 1.29 is 29.4 Å². The van der Waals surface area contributed by atoms with Crippen LogP contribution in [0.15, 0.2) is 12.1 Å². The van der Waals surface area contributed by atoms with Gasteiger partial charge in [-0.2, -0.15) is 11.8 Å². The number of nitrogens with one attached hydrogen (secondary N) is 2. The maximum atomic E-state index is 13.3. The zero-order valence-corrected chi connectivity index (χ0v) is 20.6. The summed E-state index contributed by atoms with van der Waals surface area (Å²) < 4.78 is 0. The molecule has 33 heavy (non-hydrogen) atoms. The first kappa shape index (κ1) is 27.1. The van der Waals surface area contributed by atoms with E-state index in [0.29, 0.717) is 31.6 Å². The van der Waals surface area contributed by atoms with Gasteiger partial charge in [0.25, 0.3) is 5.91 Å². The molecule has 1 heterocycles. The van der Waals surface area contributed by atoms with Crippen molar-refractivity contribution in [2.45, 2.75) is 50.7 Å². The first-order valence-corrected chi connectivity index (χ1v) is 12.5. The number of benzene rings is 1. The van der Waals surface area contributed by atoms with Gasteiger partial charge in [0.1, 0.15) is 12.1 Å². The first-order valence-electron chi connectivity index (χ1n) is 10.4. The molecule has 0 saturated carbocycles. The molecule has 0 bridgehead atoms. The summed E-state index contributed by atoms with van der Waals surface area (Å²) in [6.45, 7) is 1.94. The van der Waals surface area contributed by atoms with Gasteiger partial charge in [-0.15, -0.1) is 0 Å². The van der Waals surface area contributed by atoms with E-state index in [0.717, 1.165) is 0 Å². The van der Waals surface area contributed by atoms with Crippen LogP contribution in [0.1, 0.15) is 43.0 Å². The Kier molecular flexibility index (Phi) is 10.1. The monoisotopic (exact) mass is 519 g/mol. The lowest BCUT2D eigenvalue weighted by Crippen LogP contribution is -2.54. The highest BCUT2D eigenvalue weighted by Gasteiger charge is 2.38. The van der Waals surface area contributed by atoms with Crippen molar-refractivity contribution in [3.63, 3.8) is 0 Å². The molecule has 1 aromatic carbocycles. The predicted octanol–water partition coefficient (Wildman–Crippen LogP) is 2.52. The first-order chi connectivity index (χ1) is 15.5. The third-order valence-electron chi connectivity index (χ3n) is 5.20. The van der Waals surface area contributed by atoms with Gasteiger partial charge in [-0.05, 0) is 50.3 Å². The Labute approximate surface area is 206 Å². The summed E-state index contributed by atoms with van der Waals surface area (Å²) in [4.78, 5) is 51.1. The number of carboxylic acids is 1. The fourth-order valence-corrected chi connectivity index (χ4v) is 4.54. The smallest absolute Gasteiger partial charge is 0.305 e. The van der Waals surface area contributed by atoms with Gasteiger partial charge in [0, 0.05) is 18.2 Å². The van der Waals surface area contributed by atoms with Gasteiger partial charge in [-0.3, -0.25) is 19.2 Å². The Hall–Kier alpha value is -2.17. The van der Waals surface area contributed by atoms with Crippen molar-refractivity contribution in [2.24, 2.45) is 0 Å². The Morgan fingerprint density at radius 1 is 1.21 bits per heavy atom. The van der Waals surface area contributed by atoms with Crippen molar-refractivity contribution in [1.82, 2.24) is 15.5 Å². The van der Waals surface area contributed by atoms with Crippen LogP contribution in [0.2, 0.25) is 10.0 Å². The number of aromatic hydroxyl groups is 1. The number of halogens is 2. The summed E-state index contributed by atoms with van der Waals surface area (Å²) in [7, 11) is 0. The second-order valence-corrected chi connectivity index (χ2v) is 9.59. The Morgan fingerprint density at radius 2 is 1.85 bits per heavy atom. The molecule has 4 N–H and O–H groups in total. The average molecular weight is 520 g/mol. The van der Waals surface area contributed by atoms with Crippen molar-refractivity contribution in [3.05, 3.63) is 27.7 Å². The predicted molar refractivity (Wildman–Crippen MR) is 127 cm³/mol. The minimum atomic E-state index is -1.03. The summed E-state index contributed by atoms with van der Waals surface area (Å²) in [5.74, 6) is -2.18. The molecule has 3 atom stereocenters. The van der Waals surface area contributed by atoms with Gasteiger partial charge in [0.15, 0.2) is 5.75 Å². The van der Waals surface area contributed by atoms with Crippen LogP contribution in [-0.4, -0.2) is 75.5 Å². The number of carbonyl (C=O) groups is 4. The van der Waals surface area contributed by atoms with Gasteiger partial charge in [-0.25, -0.2) is 0 Å². The number of nitrogens with zero attached hydrogens (tertiary/aromatic N) is 1. The van der Waals surface area contributed by atoms with Crippen molar-refractivity contribution in [2.75, 3.05) is 18.6 Å².